The van der Waals surface area contributed by atoms with E-state index >= 15 is 8.78 Å². The van der Waals surface area contributed by atoms with Crippen molar-refractivity contribution >= 4 is 28.4 Å². The predicted molar refractivity (Wildman–Crippen MR) is 184 cm³/mol. The number of anilines is 2. The van der Waals surface area contributed by atoms with E-state index in [2.05, 4.69) is 16.5 Å². The Morgan fingerprint density at radius 3 is 2.62 bits per heavy atom. The fourth-order valence-electron chi connectivity index (χ4n) is 7.25. The maximum Gasteiger partial charge on any atom is 0.355 e. The maximum absolute atomic E-state index is 16.6. The summed E-state index contributed by atoms with van der Waals surface area (Å²) in [6.07, 6.45) is 7.65. The van der Waals surface area contributed by atoms with E-state index < -0.39 is 17.3 Å². The van der Waals surface area contributed by atoms with Gasteiger partial charge in [-0.05, 0) is 86.8 Å². The number of nitrogens with zero attached hydrogens (tertiary/aromatic N) is 7. The first kappa shape index (κ1) is 31.9. The predicted octanol–water partition coefficient (Wildman–Crippen LogP) is 6.02. The summed E-state index contributed by atoms with van der Waals surface area (Å²) in [5.41, 5.74) is 2.41. The SMILES string of the molecule is C=CC(=O)N1CCN(c2nc(=O)n3c4nc(c(F)cc24)-c2c(F)cccc2N(CC2CC2)CCCCc2ccnc(C(C)C)c2-3)[C@@H](C)C1. The van der Waals surface area contributed by atoms with Crippen molar-refractivity contribution in [2.75, 3.05) is 42.5 Å². The molecule has 250 valence electrons. The van der Waals surface area contributed by atoms with Gasteiger partial charge in [-0.3, -0.25) is 9.78 Å². The molecule has 0 spiro atoms. The fraction of sp³-hybridized carbons (Fsp3) is 0.432. The number of amides is 1. The van der Waals surface area contributed by atoms with Crippen LogP contribution in [-0.2, 0) is 11.2 Å². The lowest BCUT2D eigenvalue weighted by molar-refractivity contribution is -0.126. The van der Waals surface area contributed by atoms with Crippen molar-refractivity contribution < 1.29 is 13.6 Å². The standard InChI is InChI=1S/C37H41F2N7O2/c1-5-30(47)44-17-18-45(23(4)20-44)35-26-19-28(39)33-31-27(38)10-8-11-29(31)43(21-24-12-13-24)16-7-6-9-25-14-15-40-32(22(2)3)34(25)46(36(26)41-33)37(48)42-35/h5,8,10-11,14-15,19,22-24H,1,6-7,9,12-13,16-18,20-21H2,2-4H3/t23-/m0/s1. The van der Waals surface area contributed by atoms with Crippen molar-refractivity contribution in [2.45, 2.75) is 64.8 Å². The molecule has 0 N–H and O–H groups in total. The highest BCUT2D eigenvalue weighted by Gasteiger charge is 2.32. The number of pyridine rings is 2. The topological polar surface area (TPSA) is 87.5 Å². The molecule has 7 rings (SSSR count). The lowest BCUT2D eigenvalue weighted by atomic mass is 10.00. The van der Waals surface area contributed by atoms with Crippen molar-refractivity contribution in [3.8, 4) is 16.9 Å². The van der Waals surface area contributed by atoms with Gasteiger partial charge >= 0.3 is 5.69 Å². The smallest absolute Gasteiger partial charge is 0.355 e. The molecule has 2 fully saturated rings. The maximum atomic E-state index is 16.6. The molecule has 1 atom stereocenters. The summed E-state index contributed by atoms with van der Waals surface area (Å²) in [5.74, 6) is -0.682. The molecule has 48 heavy (non-hydrogen) atoms. The molecular formula is C37H41F2N7O2. The Kier molecular flexibility index (Phi) is 8.47. The van der Waals surface area contributed by atoms with Crippen LogP contribution in [0.4, 0.5) is 20.3 Å². The Morgan fingerprint density at radius 2 is 1.90 bits per heavy atom. The summed E-state index contributed by atoms with van der Waals surface area (Å²) in [6.45, 7) is 12.2. The first-order valence-electron chi connectivity index (χ1n) is 17.0. The third-order valence-corrected chi connectivity index (χ3v) is 9.86. The zero-order chi connectivity index (χ0) is 33.7. The first-order valence-corrected chi connectivity index (χ1v) is 17.0. The van der Waals surface area contributed by atoms with Crippen LogP contribution in [0.2, 0.25) is 0 Å². The number of hydrogen-bond acceptors (Lipinski definition) is 7. The Labute approximate surface area is 278 Å². The van der Waals surface area contributed by atoms with Crippen LogP contribution in [0, 0.1) is 17.6 Å². The Hall–Kier alpha value is -4.67. The van der Waals surface area contributed by atoms with Crippen LogP contribution >= 0.6 is 0 Å². The zero-order valence-corrected chi connectivity index (χ0v) is 27.8. The van der Waals surface area contributed by atoms with Crippen molar-refractivity contribution in [3.63, 3.8) is 0 Å². The van der Waals surface area contributed by atoms with Crippen LogP contribution in [0.5, 0.6) is 0 Å². The molecule has 1 aromatic carbocycles. The second-order valence-corrected chi connectivity index (χ2v) is 13.6. The van der Waals surface area contributed by atoms with Crippen LogP contribution < -0.4 is 15.5 Å². The van der Waals surface area contributed by atoms with Gasteiger partial charge < -0.3 is 14.7 Å². The van der Waals surface area contributed by atoms with Crippen LogP contribution in [0.15, 0.2) is 54.0 Å². The van der Waals surface area contributed by atoms with Gasteiger partial charge in [-0.15, -0.1) is 0 Å². The number of aromatic nitrogens is 4. The Bertz CT molecular complexity index is 1970. The number of rotatable bonds is 5. The van der Waals surface area contributed by atoms with E-state index in [-0.39, 0.29) is 40.6 Å². The van der Waals surface area contributed by atoms with Gasteiger partial charge in [-0.25, -0.2) is 23.1 Å². The van der Waals surface area contributed by atoms with Gasteiger partial charge in [0, 0.05) is 50.6 Å². The van der Waals surface area contributed by atoms with E-state index in [4.69, 9.17) is 9.97 Å². The summed E-state index contributed by atoms with van der Waals surface area (Å²) >= 11 is 0. The Morgan fingerprint density at radius 1 is 1.08 bits per heavy atom. The molecule has 2 aliphatic heterocycles. The van der Waals surface area contributed by atoms with E-state index in [0.717, 1.165) is 37.8 Å². The minimum Gasteiger partial charge on any atom is -0.371 e. The molecule has 5 heterocycles. The lowest BCUT2D eigenvalue weighted by Gasteiger charge is -2.40. The third kappa shape index (κ3) is 5.73. The van der Waals surface area contributed by atoms with Crippen molar-refractivity contribution in [1.29, 1.82) is 0 Å². The van der Waals surface area contributed by atoms with Gasteiger partial charge in [0.25, 0.3) is 0 Å². The normalized spacial score (nSPS) is 18.3. The van der Waals surface area contributed by atoms with Gasteiger partial charge in [0.2, 0.25) is 5.91 Å². The van der Waals surface area contributed by atoms with Gasteiger partial charge in [-0.1, -0.05) is 26.5 Å². The van der Waals surface area contributed by atoms with E-state index in [0.29, 0.717) is 61.0 Å². The van der Waals surface area contributed by atoms with Gasteiger partial charge in [-0.2, -0.15) is 4.98 Å². The molecule has 11 heteroatoms. The summed E-state index contributed by atoms with van der Waals surface area (Å²) in [5, 5.41) is 0.332. The molecule has 1 saturated heterocycles. The van der Waals surface area contributed by atoms with Crippen molar-refractivity contribution in [1.82, 2.24) is 24.4 Å². The highest BCUT2D eigenvalue weighted by Crippen LogP contribution is 2.40. The largest absolute Gasteiger partial charge is 0.371 e. The van der Waals surface area contributed by atoms with Crippen LogP contribution in [-0.4, -0.2) is 69.1 Å². The molecule has 1 aliphatic carbocycles. The zero-order valence-electron chi connectivity index (χ0n) is 27.8. The van der Waals surface area contributed by atoms with Crippen molar-refractivity contribution in [2.24, 2.45) is 5.92 Å². The molecule has 0 unspecified atom stereocenters. The molecular weight excluding hydrogens is 612 g/mol. The summed E-state index contributed by atoms with van der Waals surface area (Å²) in [6, 6.07) is 7.89. The van der Waals surface area contributed by atoms with E-state index in [1.807, 2.05) is 37.8 Å². The van der Waals surface area contributed by atoms with E-state index in [1.54, 1.807) is 17.2 Å². The highest BCUT2D eigenvalue weighted by molar-refractivity contribution is 5.92. The minimum absolute atomic E-state index is 0.0418. The number of aryl methyl sites for hydroxylation is 1. The number of hydrogen-bond donors (Lipinski definition) is 0. The van der Waals surface area contributed by atoms with E-state index in [1.165, 1.54) is 22.8 Å². The average molecular weight is 654 g/mol. The molecule has 2 bridgehead atoms. The van der Waals surface area contributed by atoms with Crippen LogP contribution in [0.3, 0.4) is 0 Å². The van der Waals surface area contributed by atoms with E-state index in [9.17, 15) is 9.59 Å². The fourth-order valence-corrected chi connectivity index (χ4v) is 7.25. The molecule has 4 aromatic rings. The molecule has 3 aliphatic rings. The highest BCUT2D eigenvalue weighted by atomic mass is 19.1. The summed E-state index contributed by atoms with van der Waals surface area (Å²) < 4.78 is 34.1. The van der Waals surface area contributed by atoms with Gasteiger partial charge in [0.1, 0.15) is 17.3 Å². The number of halogens is 2. The quantitative estimate of drug-likeness (QED) is 0.244. The minimum atomic E-state index is -0.702. The number of piperazine rings is 1. The summed E-state index contributed by atoms with van der Waals surface area (Å²) in [7, 11) is 0. The molecule has 0 radical (unpaired) electrons. The first-order chi connectivity index (χ1) is 23.2. The van der Waals surface area contributed by atoms with Gasteiger partial charge in [0.15, 0.2) is 11.5 Å². The lowest BCUT2D eigenvalue weighted by Crippen LogP contribution is -2.54. The molecule has 3 aromatic heterocycles. The van der Waals surface area contributed by atoms with Crippen LogP contribution in [0.25, 0.3) is 28.0 Å². The Balaban J connectivity index is 1.52. The monoisotopic (exact) mass is 653 g/mol. The number of carbonyl (C=O) groups is 1. The van der Waals surface area contributed by atoms with Crippen LogP contribution in [0.1, 0.15) is 63.6 Å². The third-order valence-electron chi connectivity index (χ3n) is 9.86. The second-order valence-electron chi connectivity index (χ2n) is 13.6. The summed E-state index contributed by atoms with van der Waals surface area (Å²) in [4.78, 5) is 46.8. The van der Waals surface area contributed by atoms with Crippen molar-refractivity contribution in [3.05, 3.63) is 82.6 Å². The number of carbonyl (C=O) groups excluding carboxylic acids is 1. The molecule has 1 saturated carbocycles. The second kappa shape index (κ2) is 12.7. The molecule has 9 nitrogen and oxygen atoms in total. The van der Waals surface area contributed by atoms with Gasteiger partial charge in [0.05, 0.1) is 22.3 Å². The average Bonchev–Trinajstić information content (AvgIpc) is 3.89. The number of benzene rings is 1. The molecule has 1 amide bonds. The number of fused-ring (bicyclic) bond motifs is 5.